The van der Waals surface area contributed by atoms with E-state index >= 15 is 0 Å². The summed E-state index contributed by atoms with van der Waals surface area (Å²) in [5, 5.41) is 5.63. The van der Waals surface area contributed by atoms with E-state index in [0.717, 1.165) is 10.7 Å². The van der Waals surface area contributed by atoms with Gasteiger partial charge in [-0.05, 0) is 30.2 Å². The molecule has 1 aromatic carbocycles. The van der Waals surface area contributed by atoms with Crippen LogP contribution in [0.15, 0.2) is 34.7 Å². The maximum absolute atomic E-state index is 12.9. The number of carbonyl (C=O) groups is 1. The van der Waals surface area contributed by atoms with E-state index in [4.69, 9.17) is 0 Å². The highest BCUT2D eigenvalue weighted by Gasteiger charge is 2.30. The molecule has 132 valence electrons. The number of thiazole rings is 1. The fraction of sp³-hybridized carbons (Fsp3) is 0.375. The number of piperazine rings is 1. The fourth-order valence-electron chi connectivity index (χ4n) is 3.16. The van der Waals surface area contributed by atoms with Crippen molar-refractivity contribution in [2.24, 2.45) is 0 Å². The number of fused-ring (bicyclic) bond motifs is 1. The SMILES string of the molecule is O=C1CCc2cc(S(=O)(=O)N3CCN(c4nccs4)CC3)ccc2N1. The Morgan fingerprint density at radius 3 is 2.64 bits per heavy atom. The van der Waals surface area contributed by atoms with Crippen LogP contribution in [0.2, 0.25) is 0 Å². The number of rotatable bonds is 3. The van der Waals surface area contributed by atoms with Crippen molar-refractivity contribution in [3.8, 4) is 0 Å². The average Bonchev–Trinajstić information content (AvgIpc) is 3.16. The third kappa shape index (κ3) is 3.14. The Balaban J connectivity index is 1.51. The van der Waals surface area contributed by atoms with Crippen molar-refractivity contribution < 1.29 is 13.2 Å². The lowest BCUT2D eigenvalue weighted by atomic mass is 10.0. The molecule has 2 aromatic rings. The summed E-state index contributed by atoms with van der Waals surface area (Å²) in [5.74, 6) is -0.0265. The van der Waals surface area contributed by atoms with E-state index in [9.17, 15) is 13.2 Å². The molecule has 3 heterocycles. The molecule has 0 saturated carbocycles. The van der Waals surface area contributed by atoms with Crippen LogP contribution in [-0.4, -0.2) is 49.8 Å². The van der Waals surface area contributed by atoms with Crippen molar-refractivity contribution in [1.82, 2.24) is 9.29 Å². The molecule has 25 heavy (non-hydrogen) atoms. The van der Waals surface area contributed by atoms with Crippen LogP contribution in [0.5, 0.6) is 0 Å². The molecule has 2 aliphatic rings. The zero-order valence-electron chi connectivity index (χ0n) is 13.5. The molecule has 0 radical (unpaired) electrons. The molecule has 0 spiro atoms. The molecule has 9 heteroatoms. The van der Waals surface area contributed by atoms with Crippen molar-refractivity contribution >= 4 is 38.1 Å². The van der Waals surface area contributed by atoms with Crippen LogP contribution in [0.4, 0.5) is 10.8 Å². The number of aromatic nitrogens is 1. The third-order valence-electron chi connectivity index (χ3n) is 4.54. The van der Waals surface area contributed by atoms with Gasteiger partial charge in [0.2, 0.25) is 15.9 Å². The molecular weight excluding hydrogens is 360 g/mol. The number of hydrogen-bond donors (Lipinski definition) is 1. The molecule has 1 N–H and O–H groups in total. The maximum atomic E-state index is 12.9. The Kier molecular flexibility index (Phi) is 4.22. The minimum Gasteiger partial charge on any atom is -0.345 e. The van der Waals surface area contributed by atoms with Gasteiger partial charge in [0.25, 0.3) is 0 Å². The zero-order chi connectivity index (χ0) is 17.4. The number of carbonyl (C=O) groups excluding carboxylic acids is 1. The first kappa shape index (κ1) is 16.5. The van der Waals surface area contributed by atoms with Crippen LogP contribution in [0.25, 0.3) is 0 Å². The second-order valence-corrected chi connectivity index (χ2v) is 8.88. The molecular formula is C16H18N4O3S2. The van der Waals surface area contributed by atoms with Crippen LogP contribution in [0, 0.1) is 0 Å². The van der Waals surface area contributed by atoms with Gasteiger partial charge in [-0.1, -0.05) is 0 Å². The molecule has 1 saturated heterocycles. The molecule has 7 nitrogen and oxygen atoms in total. The molecule has 0 aliphatic carbocycles. The first-order chi connectivity index (χ1) is 12.0. The Hall–Kier alpha value is -1.97. The van der Waals surface area contributed by atoms with Crippen LogP contribution in [0.3, 0.4) is 0 Å². The number of hydrogen-bond acceptors (Lipinski definition) is 6. The molecule has 0 atom stereocenters. The fourth-order valence-corrected chi connectivity index (χ4v) is 5.33. The highest BCUT2D eigenvalue weighted by atomic mass is 32.2. The Morgan fingerprint density at radius 1 is 1.12 bits per heavy atom. The zero-order valence-corrected chi connectivity index (χ0v) is 15.1. The van der Waals surface area contributed by atoms with Crippen molar-refractivity contribution in [1.29, 1.82) is 0 Å². The lowest BCUT2D eigenvalue weighted by molar-refractivity contribution is -0.116. The Morgan fingerprint density at radius 2 is 1.92 bits per heavy atom. The van der Waals surface area contributed by atoms with Gasteiger partial charge in [0.1, 0.15) is 0 Å². The number of anilines is 2. The largest absolute Gasteiger partial charge is 0.345 e. The Labute approximate surface area is 150 Å². The smallest absolute Gasteiger partial charge is 0.243 e. The summed E-state index contributed by atoms with van der Waals surface area (Å²) in [6.07, 6.45) is 2.72. The predicted molar refractivity (Wildman–Crippen MR) is 96.5 cm³/mol. The maximum Gasteiger partial charge on any atom is 0.243 e. The van der Waals surface area contributed by atoms with E-state index in [1.54, 1.807) is 35.7 Å². The molecule has 1 aromatic heterocycles. The number of amides is 1. The quantitative estimate of drug-likeness (QED) is 0.876. The molecule has 0 unspecified atom stereocenters. The molecule has 1 amide bonds. The normalized spacial score (nSPS) is 18.7. The van der Waals surface area contributed by atoms with Crippen molar-refractivity contribution in [2.75, 3.05) is 36.4 Å². The predicted octanol–water partition coefficient (Wildman–Crippen LogP) is 1.54. The van der Waals surface area contributed by atoms with Crippen LogP contribution in [-0.2, 0) is 21.2 Å². The first-order valence-corrected chi connectivity index (χ1v) is 10.4. The monoisotopic (exact) mass is 378 g/mol. The van der Waals surface area contributed by atoms with Crippen LogP contribution in [0.1, 0.15) is 12.0 Å². The summed E-state index contributed by atoms with van der Waals surface area (Å²) in [4.78, 5) is 18.1. The van der Waals surface area contributed by atoms with Crippen LogP contribution >= 0.6 is 11.3 Å². The van der Waals surface area contributed by atoms with Gasteiger partial charge < -0.3 is 10.2 Å². The van der Waals surface area contributed by atoms with Gasteiger partial charge in [0, 0.05) is 49.9 Å². The van der Waals surface area contributed by atoms with Gasteiger partial charge >= 0.3 is 0 Å². The highest BCUT2D eigenvalue weighted by molar-refractivity contribution is 7.89. The van der Waals surface area contributed by atoms with Crippen molar-refractivity contribution in [2.45, 2.75) is 17.7 Å². The number of aryl methyl sites for hydroxylation is 1. The molecule has 2 aliphatic heterocycles. The summed E-state index contributed by atoms with van der Waals surface area (Å²) in [6.45, 7) is 2.15. The minimum absolute atomic E-state index is 0.0265. The van der Waals surface area contributed by atoms with E-state index in [2.05, 4.69) is 15.2 Å². The van der Waals surface area contributed by atoms with Crippen molar-refractivity contribution in [3.05, 3.63) is 35.3 Å². The summed E-state index contributed by atoms with van der Waals surface area (Å²) in [7, 11) is -3.52. The summed E-state index contributed by atoms with van der Waals surface area (Å²) in [6, 6.07) is 4.95. The summed E-state index contributed by atoms with van der Waals surface area (Å²) in [5.41, 5.74) is 1.59. The van der Waals surface area contributed by atoms with Crippen molar-refractivity contribution in [3.63, 3.8) is 0 Å². The second kappa shape index (κ2) is 6.40. The third-order valence-corrected chi connectivity index (χ3v) is 7.27. The van der Waals surface area contributed by atoms with E-state index in [1.807, 2.05) is 5.38 Å². The average molecular weight is 378 g/mol. The Bertz CT molecular complexity index is 888. The van der Waals surface area contributed by atoms with Gasteiger partial charge in [-0.25, -0.2) is 13.4 Å². The van der Waals surface area contributed by atoms with Gasteiger partial charge in [-0.2, -0.15) is 4.31 Å². The van der Waals surface area contributed by atoms with Gasteiger partial charge in [0.05, 0.1) is 4.90 Å². The molecule has 4 rings (SSSR count). The molecule has 1 fully saturated rings. The van der Waals surface area contributed by atoms with Gasteiger partial charge in [-0.15, -0.1) is 11.3 Å². The second-order valence-electron chi connectivity index (χ2n) is 6.07. The topological polar surface area (TPSA) is 82.6 Å². The van der Waals surface area contributed by atoms with Gasteiger partial charge in [0.15, 0.2) is 5.13 Å². The lowest BCUT2D eigenvalue weighted by Gasteiger charge is -2.34. The first-order valence-electron chi connectivity index (χ1n) is 8.11. The molecule has 0 bridgehead atoms. The van der Waals surface area contributed by atoms with E-state index in [-0.39, 0.29) is 5.91 Å². The number of sulfonamides is 1. The standard InChI is InChI=1S/C16H18N4O3S2/c21-15-4-1-12-11-13(2-3-14(12)18-15)25(22,23)20-8-6-19(7-9-20)16-17-5-10-24-16/h2-3,5,10-11H,1,4,6-9H2,(H,18,21). The number of nitrogens with zero attached hydrogens (tertiary/aromatic N) is 3. The minimum atomic E-state index is -3.52. The summed E-state index contributed by atoms with van der Waals surface area (Å²) >= 11 is 1.56. The van der Waals surface area contributed by atoms with Crippen LogP contribution < -0.4 is 10.2 Å². The number of nitrogens with one attached hydrogen (secondary N) is 1. The van der Waals surface area contributed by atoms with E-state index < -0.39 is 10.0 Å². The van der Waals surface area contributed by atoms with E-state index in [0.29, 0.717) is 49.6 Å². The lowest BCUT2D eigenvalue weighted by Crippen LogP contribution is -2.48. The van der Waals surface area contributed by atoms with E-state index in [1.165, 1.54) is 4.31 Å². The van der Waals surface area contributed by atoms with Gasteiger partial charge in [-0.3, -0.25) is 4.79 Å². The number of benzene rings is 1. The summed E-state index contributed by atoms with van der Waals surface area (Å²) < 4.78 is 27.4. The highest BCUT2D eigenvalue weighted by Crippen LogP contribution is 2.28.